The molecule has 1 aromatic rings. The Kier molecular flexibility index (Phi) is 6.00. The Morgan fingerprint density at radius 2 is 1.82 bits per heavy atom. The van der Waals surface area contributed by atoms with Gasteiger partial charge in [-0.3, -0.25) is 4.72 Å². The average Bonchev–Trinajstić information content (AvgIpc) is 2.33. The molecule has 0 heterocycles. The Hall–Kier alpha value is -1.55. The third kappa shape index (κ3) is 6.94. The summed E-state index contributed by atoms with van der Waals surface area (Å²) in [6, 6.07) is 2.78. The number of alkyl halides is 3. The van der Waals surface area contributed by atoms with Crippen molar-refractivity contribution in [2.75, 3.05) is 29.4 Å². The summed E-state index contributed by atoms with van der Waals surface area (Å²) in [7, 11) is -2.48. The van der Waals surface area contributed by atoms with Crippen LogP contribution in [0.2, 0.25) is 0 Å². The van der Waals surface area contributed by atoms with Gasteiger partial charge in [-0.1, -0.05) is 0 Å². The van der Waals surface area contributed by atoms with Gasteiger partial charge in [0.05, 0.1) is 17.5 Å². The first-order valence-corrected chi connectivity index (χ1v) is 7.80. The number of nitrogens with one attached hydrogen (secondary N) is 2. The highest BCUT2D eigenvalue weighted by Crippen LogP contribution is 2.22. The molecule has 1 rings (SSSR count). The maximum Gasteiger partial charge on any atom is 0.405 e. The van der Waals surface area contributed by atoms with Gasteiger partial charge in [0.1, 0.15) is 12.4 Å². The fraction of sp³-hybridized carbons (Fsp3) is 0.500. The van der Waals surface area contributed by atoms with Crippen molar-refractivity contribution in [3.63, 3.8) is 0 Å². The minimum absolute atomic E-state index is 0.173. The number of hydrogen-bond donors (Lipinski definition) is 2. The molecule has 1 atom stereocenters. The van der Waals surface area contributed by atoms with Crippen LogP contribution in [0.25, 0.3) is 0 Å². The fourth-order valence-corrected chi connectivity index (χ4v) is 2.87. The molecule has 0 bridgehead atoms. The lowest BCUT2D eigenvalue weighted by atomic mass is 10.2. The molecule has 0 saturated carbocycles. The van der Waals surface area contributed by atoms with E-state index in [1.165, 1.54) is 14.0 Å². The minimum atomic E-state index is -4.47. The SMILES string of the molecule is CO[C@@H](C)CS(=O)(=O)Nc1cc(F)cc(NCC(F)(F)F)c1. The number of methoxy groups -OCH3 is 1. The van der Waals surface area contributed by atoms with Crippen LogP contribution in [-0.2, 0) is 14.8 Å². The lowest BCUT2D eigenvalue weighted by Gasteiger charge is -2.14. The molecule has 0 spiro atoms. The molecule has 0 radical (unpaired) electrons. The normalized spacial score (nSPS) is 13.7. The van der Waals surface area contributed by atoms with Crippen molar-refractivity contribution in [2.45, 2.75) is 19.2 Å². The summed E-state index contributed by atoms with van der Waals surface area (Å²) in [5.41, 5.74) is -0.359. The number of anilines is 2. The largest absolute Gasteiger partial charge is 0.405 e. The van der Waals surface area contributed by atoms with E-state index in [4.69, 9.17) is 4.74 Å². The van der Waals surface area contributed by atoms with E-state index in [9.17, 15) is 26.0 Å². The molecule has 22 heavy (non-hydrogen) atoms. The quantitative estimate of drug-likeness (QED) is 0.746. The molecule has 0 fully saturated rings. The molecule has 126 valence electrons. The highest BCUT2D eigenvalue weighted by molar-refractivity contribution is 7.92. The van der Waals surface area contributed by atoms with E-state index in [2.05, 4.69) is 4.72 Å². The van der Waals surface area contributed by atoms with Gasteiger partial charge >= 0.3 is 6.18 Å². The predicted octanol–water partition coefficient (Wildman–Crippen LogP) is 2.58. The Morgan fingerprint density at radius 3 is 2.36 bits per heavy atom. The molecule has 0 aliphatic heterocycles. The van der Waals surface area contributed by atoms with Crippen molar-refractivity contribution >= 4 is 21.4 Å². The molecule has 0 amide bonds. The van der Waals surface area contributed by atoms with Crippen molar-refractivity contribution in [2.24, 2.45) is 0 Å². The molecule has 0 saturated heterocycles. The van der Waals surface area contributed by atoms with E-state index in [1.807, 2.05) is 5.32 Å². The van der Waals surface area contributed by atoms with E-state index in [-0.39, 0.29) is 17.1 Å². The zero-order valence-electron chi connectivity index (χ0n) is 11.9. The number of halogens is 4. The van der Waals surface area contributed by atoms with Crippen LogP contribution >= 0.6 is 0 Å². The van der Waals surface area contributed by atoms with Crippen LogP contribution in [0, 0.1) is 5.82 Å². The molecule has 0 aromatic heterocycles. The highest BCUT2D eigenvalue weighted by atomic mass is 32.2. The fourth-order valence-electron chi connectivity index (χ4n) is 1.55. The second-order valence-electron chi connectivity index (χ2n) is 4.63. The van der Waals surface area contributed by atoms with Crippen molar-refractivity contribution < 1.29 is 30.7 Å². The molecule has 2 N–H and O–H groups in total. The van der Waals surface area contributed by atoms with Crippen LogP contribution in [0.3, 0.4) is 0 Å². The molecule has 10 heteroatoms. The monoisotopic (exact) mass is 344 g/mol. The first-order chi connectivity index (χ1) is 10.0. The van der Waals surface area contributed by atoms with Gasteiger partial charge in [-0.2, -0.15) is 13.2 Å². The summed E-state index contributed by atoms with van der Waals surface area (Å²) in [4.78, 5) is 0. The zero-order valence-corrected chi connectivity index (χ0v) is 12.7. The lowest BCUT2D eigenvalue weighted by Crippen LogP contribution is -2.25. The molecule has 0 aliphatic rings. The van der Waals surface area contributed by atoms with E-state index in [1.54, 1.807) is 0 Å². The van der Waals surface area contributed by atoms with Crippen molar-refractivity contribution in [1.29, 1.82) is 0 Å². The topological polar surface area (TPSA) is 67.4 Å². The Bertz CT molecular complexity index is 605. The molecular weight excluding hydrogens is 328 g/mol. The van der Waals surface area contributed by atoms with Crippen molar-refractivity contribution in [1.82, 2.24) is 0 Å². The first-order valence-electron chi connectivity index (χ1n) is 6.15. The van der Waals surface area contributed by atoms with Crippen LogP contribution in [0.5, 0.6) is 0 Å². The standard InChI is InChI=1S/C12H16F4N2O3S/c1-8(21-2)6-22(19,20)18-11-4-9(13)3-10(5-11)17-7-12(14,15)16/h3-5,8,17-18H,6-7H2,1-2H3/t8-/m0/s1. The Labute approximate surface area is 125 Å². The van der Waals surface area contributed by atoms with Crippen LogP contribution in [-0.4, -0.2) is 40.1 Å². The molecular formula is C12H16F4N2O3S. The highest BCUT2D eigenvalue weighted by Gasteiger charge is 2.26. The van der Waals surface area contributed by atoms with Crippen LogP contribution < -0.4 is 10.0 Å². The van der Waals surface area contributed by atoms with Gasteiger partial charge in [0.2, 0.25) is 10.0 Å². The van der Waals surface area contributed by atoms with Gasteiger partial charge in [0.25, 0.3) is 0 Å². The number of hydrogen-bond acceptors (Lipinski definition) is 4. The van der Waals surface area contributed by atoms with E-state index in [0.29, 0.717) is 0 Å². The van der Waals surface area contributed by atoms with Crippen LogP contribution in [0.4, 0.5) is 28.9 Å². The molecule has 0 aliphatic carbocycles. The number of benzene rings is 1. The number of ether oxygens (including phenoxy) is 1. The maximum absolute atomic E-state index is 13.4. The second-order valence-corrected chi connectivity index (χ2v) is 6.39. The number of rotatable bonds is 7. The molecule has 1 aromatic carbocycles. The van der Waals surface area contributed by atoms with E-state index >= 15 is 0 Å². The van der Waals surface area contributed by atoms with E-state index < -0.39 is 34.7 Å². The van der Waals surface area contributed by atoms with Gasteiger partial charge in [-0.15, -0.1) is 0 Å². The number of sulfonamides is 1. The minimum Gasteiger partial charge on any atom is -0.381 e. The van der Waals surface area contributed by atoms with E-state index in [0.717, 1.165) is 18.2 Å². The third-order valence-electron chi connectivity index (χ3n) is 2.52. The first kappa shape index (κ1) is 18.5. The van der Waals surface area contributed by atoms with Gasteiger partial charge in [0.15, 0.2) is 0 Å². The van der Waals surface area contributed by atoms with Crippen molar-refractivity contribution in [3.8, 4) is 0 Å². The summed E-state index contributed by atoms with van der Waals surface area (Å²) < 4.78 is 80.2. The maximum atomic E-state index is 13.4. The van der Waals surface area contributed by atoms with Crippen molar-refractivity contribution in [3.05, 3.63) is 24.0 Å². The summed E-state index contributed by atoms with van der Waals surface area (Å²) >= 11 is 0. The second kappa shape index (κ2) is 7.14. The predicted molar refractivity (Wildman–Crippen MR) is 74.8 cm³/mol. The zero-order chi connectivity index (χ0) is 17.0. The van der Waals surface area contributed by atoms with Crippen LogP contribution in [0.15, 0.2) is 18.2 Å². The summed E-state index contributed by atoms with van der Waals surface area (Å²) in [6.07, 6.45) is -5.06. The molecule has 5 nitrogen and oxygen atoms in total. The summed E-state index contributed by atoms with van der Waals surface area (Å²) in [5, 5.41) is 1.98. The van der Waals surface area contributed by atoms with Gasteiger partial charge in [-0.25, -0.2) is 12.8 Å². The van der Waals surface area contributed by atoms with Gasteiger partial charge in [0, 0.05) is 12.8 Å². The third-order valence-corrected chi connectivity index (χ3v) is 3.98. The van der Waals surface area contributed by atoms with Gasteiger partial charge in [-0.05, 0) is 25.1 Å². The lowest BCUT2D eigenvalue weighted by molar-refractivity contribution is -0.115. The summed E-state index contributed by atoms with van der Waals surface area (Å²) in [6.45, 7) is 0.171. The van der Waals surface area contributed by atoms with Gasteiger partial charge < -0.3 is 10.1 Å². The van der Waals surface area contributed by atoms with Crippen LogP contribution in [0.1, 0.15) is 6.92 Å². The average molecular weight is 344 g/mol. The summed E-state index contributed by atoms with van der Waals surface area (Å²) in [5.74, 6) is -1.24. The molecule has 0 unspecified atom stereocenters. The Balaban J connectivity index is 2.85. The Morgan fingerprint density at radius 1 is 1.23 bits per heavy atom. The smallest absolute Gasteiger partial charge is 0.381 e.